The molecule has 3 aromatic rings. The van der Waals surface area contributed by atoms with Gasteiger partial charge in [0.15, 0.2) is 0 Å². The molecule has 3 rings (SSSR count). The Morgan fingerprint density at radius 1 is 1.16 bits per heavy atom. The van der Waals surface area contributed by atoms with E-state index in [1.807, 2.05) is 61.5 Å². The molecule has 126 valence electrons. The Morgan fingerprint density at radius 2 is 1.92 bits per heavy atom. The second kappa shape index (κ2) is 7.92. The molecule has 0 spiro atoms. The number of aromatic amines is 1. The molecule has 2 aromatic carbocycles. The summed E-state index contributed by atoms with van der Waals surface area (Å²) in [4.78, 5) is 11.9. The van der Waals surface area contributed by atoms with E-state index in [9.17, 15) is 4.79 Å². The molecule has 6 heteroatoms. The number of hydrogen-bond donors (Lipinski definition) is 3. The Kier molecular flexibility index (Phi) is 5.21. The van der Waals surface area contributed by atoms with Crippen molar-refractivity contribution in [3.05, 3.63) is 71.9 Å². The summed E-state index contributed by atoms with van der Waals surface area (Å²) in [5.74, 6) is -0.221. The van der Waals surface area contributed by atoms with Gasteiger partial charge in [-0.15, -0.1) is 0 Å². The van der Waals surface area contributed by atoms with Gasteiger partial charge < -0.3 is 5.32 Å². The van der Waals surface area contributed by atoms with E-state index in [4.69, 9.17) is 0 Å². The van der Waals surface area contributed by atoms with E-state index >= 15 is 0 Å². The van der Waals surface area contributed by atoms with Gasteiger partial charge in [0.2, 0.25) is 0 Å². The fraction of sp³-hybridized carbons (Fsp3) is 0.105. The van der Waals surface area contributed by atoms with Crippen molar-refractivity contribution in [2.75, 3.05) is 11.9 Å². The molecule has 0 saturated carbocycles. The molecular formula is C19H19N5O. The first-order valence-electron chi connectivity index (χ1n) is 7.93. The minimum atomic E-state index is -0.221. The lowest BCUT2D eigenvalue weighted by atomic mass is 10.1. The van der Waals surface area contributed by atoms with Crippen molar-refractivity contribution in [2.24, 2.45) is 5.10 Å². The molecule has 0 aliphatic carbocycles. The van der Waals surface area contributed by atoms with E-state index in [2.05, 4.69) is 26.0 Å². The number of amides is 1. The number of nitrogens with zero attached hydrogens (tertiary/aromatic N) is 2. The Hall–Kier alpha value is -3.41. The third-order valence-corrected chi connectivity index (χ3v) is 3.63. The minimum absolute atomic E-state index is 0.150. The second-order valence-electron chi connectivity index (χ2n) is 5.58. The van der Waals surface area contributed by atoms with Crippen LogP contribution in [0.2, 0.25) is 0 Å². The van der Waals surface area contributed by atoms with Crippen LogP contribution in [0.4, 0.5) is 5.69 Å². The molecule has 1 heterocycles. The first kappa shape index (κ1) is 16.4. The van der Waals surface area contributed by atoms with Crippen LogP contribution in [0.3, 0.4) is 0 Å². The topological polar surface area (TPSA) is 82.2 Å². The monoisotopic (exact) mass is 333 g/mol. The van der Waals surface area contributed by atoms with Crippen molar-refractivity contribution in [1.82, 2.24) is 15.6 Å². The summed E-state index contributed by atoms with van der Waals surface area (Å²) >= 11 is 0. The largest absolute Gasteiger partial charge is 0.376 e. The van der Waals surface area contributed by atoms with E-state index in [1.54, 1.807) is 12.4 Å². The Morgan fingerprint density at radius 3 is 2.68 bits per heavy atom. The molecule has 1 amide bonds. The number of aromatic nitrogens is 2. The third kappa shape index (κ3) is 4.54. The fourth-order valence-electron chi connectivity index (χ4n) is 2.30. The number of H-pyrrole nitrogens is 1. The number of carbonyl (C=O) groups excluding carboxylic acids is 1. The van der Waals surface area contributed by atoms with Crippen molar-refractivity contribution in [2.45, 2.75) is 6.92 Å². The predicted octanol–water partition coefficient (Wildman–Crippen LogP) is 2.95. The average Bonchev–Trinajstić information content (AvgIpc) is 3.10. The number of carbonyl (C=O) groups is 1. The summed E-state index contributed by atoms with van der Waals surface area (Å²) in [6.07, 6.45) is 3.25. The van der Waals surface area contributed by atoms with Crippen molar-refractivity contribution in [3.63, 3.8) is 0 Å². The molecule has 6 nitrogen and oxygen atoms in total. The lowest BCUT2D eigenvalue weighted by Crippen LogP contribution is -2.25. The van der Waals surface area contributed by atoms with E-state index in [-0.39, 0.29) is 12.5 Å². The van der Waals surface area contributed by atoms with Crippen LogP contribution in [-0.2, 0) is 4.79 Å². The van der Waals surface area contributed by atoms with Crippen LogP contribution >= 0.6 is 0 Å². The van der Waals surface area contributed by atoms with Gasteiger partial charge in [0, 0.05) is 16.8 Å². The quantitative estimate of drug-likeness (QED) is 0.479. The molecule has 0 atom stereocenters. The van der Waals surface area contributed by atoms with Gasteiger partial charge in [-0.05, 0) is 19.1 Å². The van der Waals surface area contributed by atoms with Crippen LogP contribution in [0.25, 0.3) is 11.3 Å². The molecule has 0 radical (unpaired) electrons. The number of nitrogens with one attached hydrogen (secondary N) is 3. The zero-order chi connectivity index (χ0) is 17.5. The molecule has 0 unspecified atom stereocenters. The lowest BCUT2D eigenvalue weighted by molar-refractivity contribution is -0.119. The zero-order valence-corrected chi connectivity index (χ0v) is 13.9. The maximum absolute atomic E-state index is 11.9. The molecule has 0 fully saturated rings. The van der Waals surface area contributed by atoms with Gasteiger partial charge in [-0.3, -0.25) is 9.89 Å². The van der Waals surface area contributed by atoms with Crippen molar-refractivity contribution in [1.29, 1.82) is 0 Å². The number of rotatable bonds is 6. The van der Waals surface area contributed by atoms with Gasteiger partial charge in [-0.1, -0.05) is 48.0 Å². The highest BCUT2D eigenvalue weighted by Crippen LogP contribution is 2.18. The van der Waals surface area contributed by atoms with Gasteiger partial charge in [-0.2, -0.15) is 10.2 Å². The molecule has 1 aromatic heterocycles. The highest BCUT2D eigenvalue weighted by Gasteiger charge is 2.05. The number of hydrogen-bond acceptors (Lipinski definition) is 4. The molecule has 3 N–H and O–H groups in total. The first-order valence-corrected chi connectivity index (χ1v) is 7.93. The van der Waals surface area contributed by atoms with Gasteiger partial charge in [0.1, 0.15) is 0 Å². The van der Waals surface area contributed by atoms with Gasteiger partial charge in [0.25, 0.3) is 5.91 Å². The normalized spacial score (nSPS) is 10.8. The third-order valence-electron chi connectivity index (χ3n) is 3.63. The first-order chi connectivity index (χ1) is 12.2. The number of hydrazone groups is 1. The second-order valence-corrected chi connectivity index (χ2v) is 5.58. The molecule has 0 aliphatic rings. The highest BCUT2D eigenvalue weighted by atomic mass is 16.2. The van der Waals surface area contributed by atoms with E-state index < -0.39 is 0 Å². The maximum Gasteiger partial charge on any atom is 0.259 e. The number of anilines is 1. The minimum Gasteiger partial charge on any atom is -0.376 e. The Labute approximate surface area is 146 Å². The molecular weight excluding hydrogens is 314 g/mol. The SMILES string of the molecule is Cc1ccc(NCC(=O)N/N=C\c2cn[nH]c2-c2ccccc2)cc1. The summed E-state index contributed by atoms with van der Waals surface area (Å²) in [6, 6.07) is 17.7. The summed E-state index contributed by atoms with van der Waals surface area (Å²) in [6.45, 7) is 2.17. The van der Waals surface area contributed by atoms with Crippen LogP contribution < -0.4 is 10.7 Å². The molecule has 0 bridgehead atoms. The summed E-state index contributed by atoms with van der Waals surface area (Å²) in [5, 5.41) is 14.0. The smallest absolute Gasteiger partial charge is 0.259 e. The van der Waals surface area contributed by atoms with Crippen LogP contribution in [0, 0.1) is 6.92 Å². The van der Waals surface area contributed by atoms with Crippen molar-refractivity contribution >= 4 is 17.8 Å². The van der Waals surface area contributed by atoms with Crippen LogP contribution in [0.1, 0.15) is 11.1 Å². The lowest BCUT2D eigenvalue weighted by Gasteiger charge is -2.05. The predicted molar refractivity (Wildman–Crippen MR) is 99.4 cm³/mol. The molecule has 0 saturated heterocycles. The van der Waals surface area contributed by atoms with Crippen LogP contribution in [-0.4, -0.2) is 28.9 Å². The van der Waals surface area contributed by atoms with E-state index in [0.717, 1.165) is 22.5 Å². The van der Waals surface area contributed by atoms with Crippen LogP contribution in [0.15, 0.2) is 65.9 Å². The maximum atomic E-state index is 11.9. The van der Waals surface area contributed by atoms with Gasteiger partial charge >= 0.3 is 0 Å². The Bertz CT molecular complexity index is 853. The number of aryl methyl sites for hydroxylation is 1. The molecule has 25 heavy (non-hydrogen) atoms. The summed E-state index contributed by atoms with van der Waals surface area (Å²) in [5.41, 5.74) is 7.25. The summed E-state index contributed by atoms with van der Waals surface area (Å²) in [7, 11) is 0. The summed E-state index contributed by atoms with van der Waals surface area (Å²) < 4.78 is 0. The van der Waals surface area contributed by atoms with E-state index in [0.29, 0.717) is 0 Å². The number of benzene rings is 2. The van der Waals surface area contributed by atoms with Crippen molar-refractivity contribution < 1.29 is 4.79 Å². The van der Waals surface area contributed by atoms with Crippen LogP contribution in [0.5, 0.6) is 0 Å². The molecule has 0 aliphatic heterocycles. The fourth-order valence-corrected chi connectivity index (χ4v) is 2.30. The van der Waals surface area contributed by atoms with Gasteiger partial charge in [-0.25, -0.2) is 5.43 Å². The van der Waals surface area contributed by atoms with Gasteiger partial charge in [0.05, 0.1) is 24.7 Å². The standard InChI is InChI=1S/C19H19N5O/c1-14-7-9-17(10-8-14)20-13-18(25)23-21-11-16-12-22-24-19(16)15-5-3-2-4-6-15/h2-12,20H,13H2,1H3,(H,22,24)(H,23,25)/b21-11-. The zero-order valence-electron chi connectivity index (χ0n) is 13.9. The Balaban J connectivity index is 1.54. The highest BCUT2D eigenvalue weighted by molar-refractivity contribution is 5.89. The average molecular weight is 333 g/mol. The van der Waals surface area contributed by atoms with Crippen molar-refractivity contribution in [3.8, 4) is 11.3 Å². The van der Waals surface area contributed by atoms with E-state index in [1.165, 1.54) is 5.56 Å².